The van der Waals surface area contributed by atoms with Gasteiger partial charge in [0.05, 0.1) is 18.3 Å². The molecule has 4 aliphatic rings. The Bertz CT molecular complexity index is 553. The largest absolute Gasteiger partial charge is 0.393 e. The number of methoxy groups -OCH3 is 1. The summed E-state index contributed by atoms with van der Waals surface area (Å²) in [5.74, 6) is 1.62. The van der Waals surface area contributed by atoms with E-state index in [1.807, 2.05) is 19.3 Å². The Morgan fingerprint density at radius 2 is 1.91 bits per heavy atom. The van der Waals surface area contributed by atoms with Gasteiger partial charge in [0.2, 0.25) is 0 Å². The van der Waals surface area contributed by atoms with Crippen LogP contribution in [0.2, 0.25) is 0 Å². The lowest BCUT2D eigenvalue weighted by Crippen LogP contribution is -2.55. The maximum absolute atomic E-state index is 10.6. The van der Waals surface area contributed by atoms with Crippen molar-refractivity contribution in [2.75, 3.05) is 7.11 Å². The Balaban J connectivity index is 1.75. The van der Waals surface area contributed by atoms with Crippen molar-refractivity contribution in [1.29, 1.82) is 0 Å². The molecular weight excluding hydrogens is 288 g/mol. The summed E-state index contributed by atoms with van der Waals surface area (Å²) in [4.78, 5) is 0. The summed E-state index contributed by atoms with van der Waals surface area (Å²) in [6.07, 6.45) is 11.1. The molecule has 0 spiro atoms. The Morgan fingerprint density at radius 1 is 1.13 bits per heavy atom. The van der Waals surface area contributed by atoms with Crippen LogP contribution in [-0.2, 0) is 4.74 Å². The van der Waals surface area contributed by atoms with Crippen LogP contribution >= 0.6 is 0 Å². The lowest BCUT2D eigenvalue weighted by Gasteiger charge is -2.58. The minimum atomic E-state index is -0.450. The van der Waals surface area contributed by atoms with E-state index in [2.05, 4.69) is 19.9 Å². The molecule has 0 aliphatic heterocycles. The van der Waals surface area contributed by atoms with E-state index in [1.165, 1.54) is 5.57 Å². The van der Waals surface area contributed by atoms with Crippen molar-refractivity contribution in [1.82, 2.24) is 0 Å². The lowest BCUT2D eigenvalue weighted by atomic mass is 9.47. The number of ether oxygens (including phenoxy) is 1. The van der Waals surface area contributed by atoms with Gasteiger partial charge in [0.25, 0.3) is 0 Å². The van der Waals surface area contributed by atoms with Gasteiger partial charge in [0.15, 0.2) is 0 Å². The zero-order valence-electron chi connectivity index (χ0n) is 14.5. The van der Waals surface area contributed by atoms with E-state index in [0.29, 0.717) is 17.8 Å². The summed E-state index contributed by atoms with van der Waals surface area (Å²) in [5, 5.41) is 20.6. The van der Waals surface area contributed by atoms with Crippen molar-refractivity contribution in [3.8, 4) is 0 Å². The van der Waals surface area contributed by atoms with Crippen molar-refractivity contribution in [3.63, 3.8) is 0 Å². The Morgan fingerprint density at radius 3 is 2.65 bits per heavy atom. The molecule has 128 valence electrons. The Hall–Kier alpha value is -0.640. The number of hydrogen-bond acceptors (Lipinski definition) is 3. The highest BCUT2D eigenvalue weighted by Gasteiger charge is 2.60. The highest BCUT2D eigenvalue weighted by Crippen LogP contribution is 2.64. The molecule has 0 radical (unpaired) electrons. The second-order valence-electron chi connectivity index (χ2n) is 8.73. The van der Waals surface area contributed by atoms with Crippen LogP contribution in [0, 0.1) is 28.6 Å². The van der Waals surface area contributed by atoms with Gasteiger partial charge in [0.1, 0.15) is 0 Å². The Kier molecular flexibility index (Phi) is 3.57. The van der Waals surface area contributed by atoms with E-state index in [9.17, 15) is 10.2 Å². The molecule has 3 nitrogen and oxygen atoms in total. The SMILES string of the molecule is CO[C@H]1CC2=C[C@@H](O)C=C[C@]2(C)[C@H]2CC[C@]3(C)[C@@H](O)CC[C@H]3[C@H]12. The maximum atomic E-state index is 10.6. The first-order valence-corrected chi connectivity index (χ1v) is 9.19. The number of hydrogen-bond donors (Lipinski definition) is 2. The van der Waals surface area contributed by atoms with Crippen LogP contribution in [0.25, 0.3) is 0 Å². The lowest BCUT2D eigenvalue weighted by molar-refractivity contribution is -0.119. The van der Waals surface area contributed by atoms with Gasteiger partial charge in [0, 0.05) is 12.5 Å². The number of aliphatic hydroxyl groups is 2. The molecule has 23 heavy (non-hydrogen) atoms. The minimum Gasteiger partial charge on any atom is -0.393 e. The van der Waals surface area contributed by atoms with E-state index < -0.39 is 6.10 Å². The van der Waals surface area contributed by atoms with E-state index in [4.69, 9.17) is 4.74 Å². The van der Waals surface area contributed by atoms with Crippen LogP contribution in [0.4, 0.5) is 0 Å². The van der Waals surface area contributed by atoms with Gasteiger partial charge in [-0.2, -0.15) is 0 Å². The highest BCUT2D eigenvalue weighted by atomic mass is 16.5. The first kappa shape index (κ1) is 15.9. The second kappa shape index (κ2) is 5.18. The van der Waals surface area contributed by atoms with Crippen molar-refractivity contribution in [2.24, 2.45) is 28.6 Å². The summed E-state index contributed by atoms with van der Waals surface area (Å²) in [5.41, 5.74) is 1.46. The van der Waals surface area contributed by atoms with Gasteiger partial charge in [-0.15, -0.1) is 0 Å². The number of rotatable bonds is 1. The maximum Gasteiger partial charge on any atom is 0.0905 e. The fourth-order valence-corrected chi connectivity index (χ4v) is 6.48. The molecule has 4 aliphatic carbocycles. The summed E-state index contributed by atoms with van der Waals surface area (Å²) in [6, 6.07) is 0. The first-order valence-electron chi connectivity index (χ1n) is 9.19. The molecule has 4 rings (SSSR count). The molecule has 0 unspecified atom stereocenters. The molecule has 0 bridgehead atoms. The normalized spacial score (nSPS) is 54.9. The Labute approximate surface area is 139 Å². The zero-order chi connectivity index (χ0) is 16.4. The minimum absolute atomic E-state index is 0.0494. The average molecular weight is 318 g/mol. The molecule has 0 aromatic carbocycles. The molecule has 3 heteroatoms. The van der Waals surface area contributed by atoms with Crippen LogP contribution in [0.3, 0.4) is 0 Å². The third-order valence-electron chi connectivity index (χ3n) is 7.91. The first-order chi connectivity index (χ1) is 10.9. The molecule has 0 aromatic heterocycles. The third-order valence-corrected chi connectivity index (χ3v) is 7.91. The molecule has 2 N–H and O–H groups in total. The number of allylic oxidation sites excluding steroid dienone is 1. The predicted molar refractivity (Wildman–Crippen MR) is 89.8 cm³/mol. The molecule has 0 aromatic rings. The zero-order valence-corrected chi connectivity index (χ0v) is 14.5. The van der Waals surface area contributed by atoms with Crippen molar-refractivity contribution < 1.29 is 14.9 Å². The smallest absolute Gasteiger partial charge is 0.0905 e. The quantitative estimate of drug-likeness (QED) is 0.731. The standard InChI is InChI=1S/C20H30O3/c1-19-8-6-13(21)10-12(19)11-16(23-3)18-14-4-5-17(22)20(14,2)9-7-15(18)19/h6,8,10,13-18,21-22H,4-5,7,9,11H2,1-3H3/t13-,14-,15-,16-,17-,18-,19-,20-/m0/s1. The van der Waals surface area contributed by atoms with Gasteiger partial charge in [-0.05, 0) is 55.3 Å². The van der Waals surface area contributed by atoms with Gasteiger partial charge in [-0.1, -0.05) is 37.6 Å². The fraction of sp³-hybridized carbons (Fsp3) is 0.800. The van der Waals surface area contributed by atoms with E-state index in [0.717, 1.165) is 32.1 Å². The molecule has 3 saturated carbocycles. The highest BCUT2D eigenvalue weighted by molar-refractivity contribution is 5.35. The fourth-order valence-electron chi connectivity index (χ4n) is 6.48. The van der Waals surface area contributed by atoms with E-state index >= 15 is 0 Å². The molecule has 8 atom stereocenters. The van der Waals surface area contributed by atoms with Gasteiger partial charge < -0.3 is 14.9 Å². The average Bonchev–Trinajstić information content (AvgIpc) is 2.83. The summed E-state index contributed by atoms with van der Waals surface area (Å²) < 4.78 is 5.95. The molecule has 3 fully saturated rings. The monoisotopic (exact) mass is 318 g/mol. The predicted octanol–water partition coefficient (Wildman–Crippen LogP) is 3.07. The second-order valence-corrected chi connectivity index (χ2v) is 8.73. The summed E-state index contributed by atoms with van der Waals surface area (Å²) >= 11 is 0. The topological polar surface area (TPSA) is 49.7 Å². The van der Waals surface area contributed by atoms with Crippen LogP contribution in [0.1, 0.15) is 46.0 Å². The van der Waals surface area contributed by atoms with Gasteiger partial charge in [-0.3, -0.25) is 0 Å². The van der Waals surface area contributed by atoms with Crippen LogP contribution in [0.5, 0.6) is 0 Å². The van der Waals surface area contributed by atoms with Crippen LogP contribution in [0.15, 0.2) is 23.8 Å². The van der Waals surface area contributed by atoms with Crippen molar-refractivity contribution in [2.45, 2.75) is 64.3 Å². The van der Waals surface area contributed by atoms with Crippen LogP contribution in [-0.4, -0.2) is 35.6 Å². The van der Waals surface area contributed by atoms with Crippen LogP contribution < -0.4 is 0 Å². The molecule has 0 amide bonds. The van der Waals surface area contributed by atoms with Gasteiger partial charge >= 0.3 is 0 Å². The van der Waals surface area contributed by atoms with Crippen molar-refractivity contribution in [3.05, 3.63) is 23.8 Å². The number of aliphatic hydroxyl groups excluding tert-OH is 2. The van der Waals surface area contributed by atoms with E-state index in [1.54, 1.807) is 0 Å². The third kappa shape index (κ3) is 2.06. The van der Waals surface area contributed by atoms with E-state index in [-0.39, 0.29) is 23.0 Å². The summed E-state index contributed by atoms with van der Waals surface area (Å²) in [7, 11) is 1.83. The molecule has 0 heterocycles. The molecule has 0 saturated heterocycles. The van der Waals surface area contributed by atoms with Gasteiger partial charge in [-0.25, -0.2) is 0 Å². The van der Waals surface area contributed by atoms with Crippen molar-refractivity contribution >= 4 is 0 Å². The molecular formula is C20H30O3. The summed E-state index contributed by atoms with van der Waals surface area (Å²) in [6.45, 7) is 4.64. The number of fused-ring (bicyclic) bond motifs is 5.